The smallest absolute Gasteiger partial charge is 0.235 e. The highest BCUT2D eigenvalue weighted by Crippen LogP contribution is 2.27. The second-order valence-electron chi connectivity index (χ2n) is 3.94. The van der Waals surface area contributed by atoms with Gasteiger partial charge in [-0.1, -0.05) is 18.2 Å². The van der Waals surface area contributed by atoms with Crippen molar-refractivity contribution in [2.45, 2.75) is 6.92 Å². The van der Waals surface area contributed by atoms with Gasteiger partial charge in [0.2, 0.25) is 12.1 Å². The normalized spacial score (nSPS) is 10.8. The monoisotopic (exact) mass is 259 g/mol. The van der Waals surface area contributed by atoms with Crippen molar-refractivity contribution in [2.24, 2.45) is 7.05 Å². The Morgan fingerprint density at radius 1 is 1.37 bits per heavy atom. The number of rotatable bonds is 4. The molecule has 1 heterocycles. The van der Waals surface area contributed by atoms with Crippen LogP contribution in [0.2, 0.25) is 0 Å². The molecule has 0 radical (unpaired) electrons. The van der Waals surface area contributed by atoms with Crippen molar-refractivity contribution in [2.75, 3.05) is 0 Å². The molecule has 0 spiro atoms. The van der Waals surface area contributed by atoms with Gasteiger partial charge in [-0.05, 0) is 19.1 Å². The molecule has 6 heteroatoms. The van der Waals surface area contributed by atoms with Gasteiger partial charge in [0.15, 0.2) is 0 Å². The third kappa shape index (κ3) is 2.98. The summed E-state index contributed by atoms with van der Waals surface area (Å²) in [7, 11) is 1.73. The zero-order valence-electron chi connectivity index (χ0n) is 10.6. The molecule has 0 atom stereocenters. The number of hydrogen-bond acceptors (Lipinski definition) is 4. The molecule has 0 saturated carbocycles. The minimum atomic E-state index is -0.515. The van der Waals surface area contributed by atoms with Crippen molar-refractivity contribution in [3.8, 4) is 11.6 Å². The van der Waals surface area contributed by atoms with E-state index in [0.717, 1.165) is 6.20 Å². The van der Waals surface area contributed by atoms with Gasteiger partial charge in [-0.3, -0.25) is 10.1 Å². The van der Waals surface area contributed by atoms with E-state index in [4.69, 9.17) is 4.74 Å². The van der Waals surface area contributed by atoms with E-state index in [1.807, 2.05) is 30.3 Å². The number of aromatic nitrogens is 2. The van der Waals surface area contributed by atoms with Crippen LogP contribution in [-0.4, -0.2) is 14.7 Å². The summed E-state index contributed by atoms with van der Waals surface area (Å²) in [5, 5.41) is 14.6. The van der Waals surface area contributed by atoms with Crippen LogP contribution in [-0.2, 0) is 7.05 Å². The Hall–Kier alpha value is -2.63. The van der Waals surface area contributed by atoms with Crippen LogP contribution < -0.4 is 4.74 Å². The third-order valence-electron chi connectivity index (χ3n) is 2.53. The van der Waals surface area contributed by atoms with Crippen LogP contribution in [0.1, 0.15) is 11.3 Å². The van der Waals surface area contributed by atoms with E-state index >= 15 is 0 Å². The van der Waals surface area contributed by atoms with Gasteiger partial charge in [0.1, 0.15) is 5.75 Å². The first-order chi connectivity index (χ1) is 9.08. The Kier molecular flexibility index (Phi) is 3.61. The molecule has 1 aromatic carbocycles. The summed E-state index contributed by atoms with van der Waals surface area (Å²) < 4.78 is 7.28. The van der Waals surface area contributed by atoms with Gasteiger partial charge in [0.05, 0.1) is 16.2 Å². The van der Waals surface area contributed by atoms with Gasteiger partial charge in [-0.15, -0.1) is 0 Å². The predicted octanol–water partition coefficient (Wildman–Crippen LogP) is 2.77. The minimum absolute atomic E-state index is 0.474. The highest BCUT2D eigenvalue weighted by molar-refractivity contribution is 5.57. The van der Waals surface area contributed by atoms with Crippen molar-refractivity contribution < 1.29 is 9.66 Å². The number of ether oxygens (including phenoxy) is 1. The highest BCUT2D eigenvalue weighted by atomic mass is 16.6. The lowest BCUT2D eigenvalue weighted by Gasteiger charge is -2.06. The summed E-state index contributed by atoms with van der Waals surface area (Å²) in [5.74, 6) is 1.13. The first-order valence-electron chi connectivity index (χ1n) is 5.66. The molecule has 6 nitrogen and oxygen atoms in total. The second-order valence-corrected chi connectivity index (χ2v) is 3.94. The van der Waals surface area contributed by atoms with E-state index in [-0.39, 0.29) is 0 Å². The summed E-state index contributed by atoms with van der Waals surface area (Å²) in [5.41, 5.74) is 1.27. The number of benzene rings is 1. The highest BCUT2D eigenvalue weighted by Gasteiger charge is 2.14. The van der Waals surface area contributed by atoms with E-state index in [1.54, 1.807) is 18.7 Å². The molecular weight excluding hydrogens is 246 g/mol. The number of nitrogens with zero attached hydrogens (tertiary/aromatic N) is 3. The fourth-order valence-electron chi connectivity index (χ4n) is 1.70. The molecule has 0 bridgehead atoms. The van der Waals surface area contributed by atoms with Crippen LogP contribution in [0.3, 0.4) is 0 Å². The maximum Gasteiger partial charge on any atom is 0.235 e. The Labute approximate surface area is 110 Å². The molecule has 0 N–H and O–H groups in total. The molecule has 0 aliphatic carbocycles. The summed E-state index contributed by atoms with van der Waals surface area (Å²) >= 11 is 0. The minimum Gasteiger partial charge on any atom is -0.439 e. The molecule has 0 unspecified atom stereocenters. The first kappa shape index (κ1) is 12.8. The molecule has 2 rings (SSSR count). The summed E-state index contributed by atoms with van der Waals surface area (Å²) in [6, 6.07) is 9.21. The Balaban J connectivity index is 2.37. The molecule has 0 amide bonds. The number of aryl methyl sites for hydroxylation is 2. The third-order valence-corrected chi connectivity index (χ3v) is 2.53. The van der Waals surface area contributed by atoms with Crippen LogP contribution in [0.25, 0.3) is 6.08 Å². The fraction of sp³-hybridized carbons (Fsp3) is 0.154. The molecule has 0 saturated heterocycles. The Morgan fingerprint density at radius 3 is 2.68 bits per heavy atom. The van der Waals surface area contributed by atoms with Crippen LogP contribution >= 0.6 is 0 Å². The lowest BCUT2D eigenvalue weighted by Crippen LogP contribution is -1.95. The van der Waals surface area contributed by atoms with Gasteiger partial charge >= 0.3 is 0 Å². The van der Waals surface area contributed by atoms with Crippen LogP contribution in [0.5, 0.6) is 11.6 Å². The molecule has 1 aromatic heterocycles. The maximum atomic E-state index is 10.4. The lowest BCUT2D eigenvalue weighted by molar-refractivity contribution is -0.400. The van der Waals surface area contributed by atoms with Crippen molar-refractivity contribution in [3.63, 3.8) is 0 Å². The van der Waals surface area contributed by atoms with Gasteiger partial charge in [-0.25, -0.2) is 4.68 Å². The average molecular weight is 259 g/mol. The largest absolute Gasteiger partial charge is 0.439 e. The Morgan fingerprint density at radius 2 is 2.05 bits per heavy atom. The zero-order chi connectivity index (χ0) is 13.8. The predicted molar refractivity (Wildman–Crippen MR) is 70.5 cm³/mol. The van der Waals surface area contributed by atoms with E-state index in [9.17, 15) is 10.1 Å². The number of para-hydroxylation sites is 1. The summed E-state index contributed by atoms with van der Waals surface area (Å²) in [6.45, 7) is 1.78. The van der Waals surface area contributed by atoms with Gasteiger partial charge in [0, 0.05) is 13.1 Å². The summed E-state index contributed by atoms with van der Waals surface area (Å²) in [4.78, 5) is 9.90. The maximum absolute atomic E-state index is 10.4. The van der Waals surface area contributed by atoms with Crippen molar-refractivity contribution in [1.29, 1.82) is 0 Å². The van der Waals surface area contributed by atoms with E-state index < -0.39 is 4.92 Å². The van der Waals surface area contributed by atoms with Crippen LogP contribution in [0.4, 0.5) is 0 Å². The fourth-order valence-corrected chi connectivity index (χ4v) is 1.70. The standard InChI is InChI=1S/C13H13N3O3/c1-10-12(8-9-16(17)18)13(15(2)14-10)19-11-6-4-3-5-7-11/h3-9H,1-2H3/b9-8+. The van der Waals surface area contributed by atoms with Crippen molar-refractivity contribution in [3.05, 3.63) is 57.9 Å². The quantitative estimate of drug-likeness (QED) is 0.625. The van der Waals surface area contributed by atoms with E-state index in [1.165, 1.54) is 6.08 Å². The molecular formula is C13H13N3O3. The van der Waals surface area contributed by atoms with Crippen molar-refractivity contribution >= 4 is 6.08 Å². The molecule has 0 aliphatic heterocycles. The van der Waals surface area contributed by atoms with Crippen molar-refractivity contribution in [1.82, 2.24) is 9.78 Å². The lowest BCUT2D eigenvalue weighted by atomic mass is 10.2. The first-order valence-corrected chi connectivity index (χ1v) is 5.66. The zero-order valence-corrected chi connectivity index (χ0v) is 10.6. The Bertz CT molecular complexity index is 618. The van der Waals surface area contributed by atoms with E-state index in [0.29, 0.717) is 22.9 Å². The number of hydrogen-bond donors (Lipinski definition) is 0. The molecule has 0 aliphatic rings. The molecule has 0 fully saturated rings. The van der Waals surface area contributed by atoms with Gasteiger partial charge in [0.25, 0.3) is 0 Å². The van der Waals surface area contributed by atoms with Gasteiger partial charge in [-0.2, -0.15) is 5.10 Å². The second kappa shape index (κ2) is 5.34. The van der Waals surface area contributed by atoms with E-state index in [2.05, 4.69) is 5.10 Å². The molecule has 19 heavy (non-hydrogen) atoms. The molecule has 98 valence electrons. The number of nitro groups is 1. The van der Waals surface area contributed by atoms with Crippen LogP contribution in [0.15, 0.2) is 36.5 Å². The molecule has 2 aromatic rings. The van der Waals surface area contributed by atoms with Crippen LogP contribution in [0, 0.1) is 17.0 Å². The van der Waals surface area contributed by atoms with Gasteiger partial charge < -0.3 is 4.74 Å². The topological polar surface area (TPSA) is 70.2 Å². The summed E-state index contributed by atoms with van der Waals surface area (Å²) in [6.07, 6.45) is 2.27. The SMILES string of the molecule is Cc1nn(C)c(Oc2ccccc2)c1/C=C/[N+](=O)[O-]. The average Bonchev–Trinajstić information content (AvgIpc) is 2.63.